The summed E-state index contributed by atoms with van der Waals surface area (Å²) in [5.74, 6) is 0.777. The number of rotatable bonds is 8. The summed E-state index contributed by atoms with van der Waals surface area (Å²) < 4.78 is 33.0. The maximum Gasteiger partial charge on any atom is 0.276 e. The van der Waals surface area contributed by atoms with Gasteiger partial charge in [0, 0.05) is 13.1 Å². The molecule has 0 saturated heterocycles. The van der Waals surface area contributed by atoms with Crippen molar-refractivity contribution in [3.8, 4) is 5.75 Å². The van der Waals surface area contributed by atoms with Gasteiger partial charge in [-0.1, -0.05) is 19.1 Å². The van der Waals surface area contributed by atoms with Crippen LogP contribution in [0.1, 0.15) is 18.9 Å². The molecule has 0 aromatic heterocycles. The molecule has 0 aliphatic rings. The minimum Gasteiger partial charge on any atom is -0.497 e. The molecule has 6 heteroatoms. The third-order valence-electron chi connectivity index (χ3n) is 2.38. The number of benzene rings is 1. The molecule has 102 valence electrons. The van der Waals surface area contributed by atoms with Crippen molar-refractivity contribution in [3.63, 3.8) is 0 Å². The predicted molar refractivity (Wildman–Crippen MR) is 71.9 cm³/mol. The molecule has 0 aliphatic carbocycles. The Kier molecular flexibility index (Phi) is 6.11. The minimum atomic E-state index is -3.36. The fraction of sp³-hybridized carbons (Fsp3) is 0.500. The smallest absolute Gasteiger partial charge is 0.276 e. The van der Waals surface area contributed by atoms with Crippen LogP contribution in [0.5, 0.6) is 5.75 Å². The second-order valence-corrected chi connectivity index (χ2v) is 5.48. The molecule has 0 aliphatic heterocycles. The summed E-state index contributed by atoms with van der Waals surface area (Å²) in [6.07, 6.45) is 1.40. The van der Waals surface area contributed by atoms with Crippen LogP contribution in [0.15, 0.2) is 24.3 Å². The number of ether oxygens (including phenoxy) is 1. The molecule has 2 N–H and O–H groups in total. The van der Waals surface area contributed by atoms with Gasteiger partial charge in [0.15, 0.2) is 0 Å². The molecule has 1 aromatic carbocycles. The molecule has 5 nitrogen and oxygen atoms in total. The summed E-state index contributed by atoms with van der Waals surface area (Å²) in [7, 11) is -1.75. The van der Waals surface area contributed by atoms with Crippen molar-refractivity contribution in [2.24, 2.45) is 0 Å². The third-order valence-corrected chi connectivity index (χ3v) is 3.55. The van der Waals surface area contributed by atoms with Gasteiger partial charge < -0.3 is 4.74 Å². The van der Waals surface area contributed by atoms with Gasteiger partial charge in [0.25, 0.3) is 10.2 Å². The molecule has 0 atom stereocenters. The van der Waals surface area contributed by atoms with E-state index in [-0.39, 0.29) is 0 Å². The van der Waals surface area contributed by atoms with E-state index in [1.807, 2.05) is 31.2 Å². The first-order valence-corrected chi connectivity index (χ1v) is 7.43. The Morgan fingerprint density at radius 2 is 1.94 bits per heavy atom. The molecule has 0 bridgehead atoms. The predicted octanol–water partition coefficient (Wildman–Crippen LogP) is 1.07. The highest BCUT2D eigenvalue weighted by atomic mass is 32.2. The molecule has 1 aromatic rings. The normalized spacial score (nSPS) is 11.4. The fourth-order valence-corrected chi connectivity index (χ4v) is 2.39. The Morgan fingerprint density at radius 3 is 2.61 bits per heavy atom. The van der Waals surface area contributed by atoms with Crippen LogP contribution < -0.4 is 14.2 Å². The highest BCUT2D eigenvalue weighted by molar-refractivity contribution is 7.87. The summed E-state index contributed by atoms with van der Waals surface area (Å²) in [5, 5.41) is 0. The van der Waals surface area contributed by atoms with Crippen LogP contribution in [-0.2, 0) is 16.6 Å². The number of nitrogens with one attached hydrogen (secondary N) is 2. The molecular weight excluding hydrogens is 252 g/mol. The topological polar surface area (TPSA) is 67.4 Å². The quantitative estimate of drug-likeness (QED) is 0.744. The van der Waals surface area contributed by atoms with Gasteiger partial charge in [-0.15, -0.1) is 0 Å². The Balaban J connectivity index is 2.41. The van der Waals surface area contributed by atoms with Gasteiger partial charge in [0.1, 0.15) is 5.75 Å². The standard InChI is InChI=1S/C12H20N2O3S/c1-3-8-13-18(15,16)14-9-7-11-5-4-6-12(10-11)17-2/h4-6,10,13-14H,3,7-9H2,1-2H3. The first kappa shape index (κ1) is 14.9. The van der Waals surface area contributed by atoms with Gasteiger partial charge in [-0.05, 0) is 30.5 Å². The van der Waals surface area contributed by atoms with E-state index in [9.17, 15) is 8.42 Å². The first-order valence-electron chi connectivity index (χ1n) is 5.94. The monoisotopic (exact) mass is 272 g/mol. The summed E-state index contributed by atoms with van der Waals surface area (Å²) in [5.41, 5.74) is 1.03. The average Bonchev–Trinajstić information content (AvgIpc) is 2.36. The Bertz CT molecular complexity index is 460. The summed E-state index contributed by atoms with van der Waals surface area (Å²) in [4.78, 5) is 0. The van der Waals surface area contributed by atoms with Gasteiger partial charge in [-0.2, -0.15) is 8.42 Å². The molecule has 0 spiro atoms. The lowest BCUT2D eigenvalue weighted by atomic mass is 10.1. The van der Waals surface area contributed by atoms with Crippen LogP contribution >= 0.6 is 0 Å². The molecular formula is C12H20N2O3S. The van der Waals surface area contributed by atoms with Crippen LogP contribution in [0.3, 0.4) is 0 Å². The van der Waals surface area contributed by atoms with E-state index in [0.29, 0.717) is 19.5 Å². The van der Waals surface area contributed by atoms with Crippen molar-refractivity contribution < 1.29 is 13.2 Å². The van der Waals surface area contributed by atoms with E-state index in [0.717, 1.165) is 17.7 Å². The highest BCUT2D eigenvalue weighted by Crippen LogP contribution is 2.12. The van der Waals surface area contributed by atoms with E-state index >= 15 is 0 Å². The maximum atomic E-state index is 11.5. The summed E-state index contributed by atoms with van der Waals surface area (Å²) in [6.45, 7) is 2.74. The maximum absolute atomic E-state index is 11.5. The second kappa shape index (κ2) is 7.35. The first-order chi connectivity index (χ1) is 8.57. The molecule has 0 saturated carbocycles. The SMILES string of the molecule is CCCNS(=O)(=O)NCCc1cccc(OC)c1. The largest absolute Gasteiger partial charge is 0.497 e. The third kappa shape index (κ3) is 5.48. The molecule has 0 heterocycles. The van der Waals surface area contributed by atoms with Gasteiger partial charge in [0.05, 0.1) is 7.11 Å². The van der Waals surface area contributed by atoms with E-state index in [2.05, 4.69) is 9.44 Å². The minimum absolute atomic E-state index is 0.367. The number of methoxy groups -OCH3 is 1. The Morgan fingerprint density at radius 1 is 1.22 bits per heavy atom. The molecule has 18 heavy (non-hydrogen) atoms. The zero-order valence-electron chi connectivity index (χ0n) is 10.8. The molecule has 0 amide bonds. The zero-order valence-corrected chi connectivity index (χ0v) is 11.6. The van der Waals surface area contributed by atoms with Gasteiger partial charge >= 0.3 is 0 Å². The van der Waals surface area contributed by atoms with Crippen LogP contribution in [0, 0.1) is 0 Å². The lowest BCUT2D eigenvalue weighted by molar-refractivity contribution is 0.414. The summed E-state index contributed by atoms with van der Waals surface area (Å²) in [6, 6.07) is 7.58. The van der Waals surface area contributed by atoms with E-state index in [1.165, 1.54) is 0 Å². The Labute approximate surface area is 109 Å². The average molecular weight is 272 g/mol. The van der Waals surface area contributed by atoms with Crippen molar-refractivity contribution in [1.82, 2.24) is 9.44 Å². The Hall–Kier alpha value is -1.11. The van der Waals surface area contributed by atoms with Crippen molar-refractivity contribution in [3.05, 3.63) is 29.8 Å². The van der Waals surface area contributed by atoms with E-state index in [1.54, 1.807) is 7.11 Å². The van der Waals surface area contributed by atoms with Crippen molar-refractivity contribution in [2.45, 2.75) is 19.8 Å². The van der Waals surface area contributed by atoms with Crippen molar-refractivity contribution >= 4 is 10.2 Å². The molecule has 1 rings (SSSR count). The fourth-order valence-electron chi connectivity index (χ4n) is 1.45. The van der Waals surface area contributed by atoms with E-state index in [4.69, 9.17) is 4.74 Å². The van der Waals surface area contributed by atoms with Crippen LogP contribution in [0.4, 0.5) is 0 Å². The lowest BCUT2D eigenvalue weighted by Crippen LogP contribution is -2.37. The highest BCUT2D eigenvalue weighted by Gasteiger charge is 2.06. The van der Waals surface area contributed by atoms with Crippen LogP contribution in [-0.4, -0.2) is 28.6 Å². The molecule has 0 radical (unpaired) electrons. The molecule has 0 unspecified atom stereocenters. The number of hydrogen-bond acceptors (Lipinski definition) is 3. The number of hydrogen-bond donors (Lipinski definition) is 2. The van der Waals surface area contributed by atoms with Crippen LogP contribution in [0.2, 0.25) is 0 Å². The second-order valence-electron chi connectivity index (χ2n) is 3.89. The van der Waals surface area contributed by atoms with Gasteiger partial charge in [-0.3, -0.25) is 0 Å². The van der Waals surface area contributed by atoms with E-state index < -0.39 is 10.2 Å². The van der Waals surface area contributed by atoms with Crippen molar-refractivity contribution in [1.29, 1.82) is 0 Å². The molecule has 0 fully saturated rings. The van der Waals surface area contributed by atoms with Gasteiger partial charge in [0.2, 0.25) is 0 Å². The summed E-state index contributed by atoms with van der Waals surface area (Å²) >= 11 is 0. The van der Waals surface area contributed by atoms with Crippen molar-refractivity contribution in [2.75, 3.05) is 20.2 Å². The lowest BCUT2D eigenvalue weighted by Gasteiger charge is -2.08. The van der Waals surface area contributed by atoms with Gasteiger partial charge in [-0.25, -0.2) is 9.44 Å². The zero-order chi connectivity index (χ0) is 13.4. The van der Waals surface area contributed by atoms with Crippen LogP contribution in [0.25, 0.3) is 0 Å².